The standard InChI is InChI=1S/C28H46O4/c1-4-7-9-11-12-13-14-18-23-28(21-6-3,22-17-10-8-5-2)32-27(31)25-20-16-15-19-24(25)26(29)30/h15-16,19-20H,4-14,17-18,21-23H2,1-3H3,(H,29,30). The lowest BCUT2D eigenvalue weighted by atomic mass is 9.85. The van der Waals surface area contributed by atoms with E-state index < -0.39 is 17.5 Å². The molecule has 32 heavy (non-hydrogen) atoms. The number of carboxylic acid groups (broad SMARTS) is 1. The molecule has 4 heteroatoms. The highest BCUT2D eigenvalue weighted by atomic mass is 16.6. The Morgan fingerprint density at radius 1 is 0.688 bits per heavy atom. The van der Waals surface area contributed by atoms with E-state index in [1.54, 1.807) is 18.2 Å². The lowest BCUT2D eigenvalue weighted by molar-refractivity contribution is -0.0353. The molecule has 1 unspecified atom stereocenters. The molecule has 0 heterocycles. The van der Waals surface area contributed by atoms with Crippen molar-refractivity contribution in [3.63, 3.8) is 0 Å². The van der Waals surface area contributed by atoms with Gasteiger partial charge in [-0.1, -0.05) is 104 Å². The summed E-state index contributed by atoms with van der Waals surface area (Å²) < 4.78 is 6.19. The summed E-state index contributed by atoms with van der Waals surface area (Å²) in [6.07, 6.45) is 18.0. The maximum Gasteiger partial charge on any atom is 0.339 e. The molecule has 1 atom stereocenters. The van der Waals surface area contributed by atoms with Crippen molar-refractivity contribution in [2.75, 3.05) is 0 Å². The first-order valence-electron chi connectivity index (χ1n) is 13.0. The van der Waals surface area contributed by atoms with Gasteiger partial charge in [0, 0.05) is 0 Å². The average molecular weight is 447 g/mol. The van der Waals surface area contributed by atoms with Crippen molar-refractivity contribution >= 4 is 11.9 Å². The molecule has 0 aromatic heterocycles. The van der Waals surface area contributed by atoms with Crippen LogP contribution in [0.15, 0.2) is 24.3 Å². The van der Waals surface area contributed by atoms with E-state index in [0.717, 1.165) is 51.4 Å². The number of carbonyl (C=O) groups excluding carboxylic acids is 1. The van der Waals surface area contributed by atoms with Gasteiger partial charge in [-0.15, -0.1) is 0 Å². The number of hydrogen-bond donors (Lipinski definition) is 1. The Bertz CT molecular complexity index is 655. The lowest BCUT2D eigenvalue weighted by Gasteiger charge is -2.34. The Labute approximate surface area is 196 Å². The van der Waals surface area contributed by atoms with Gasteiger partial charge in [0.2, 0.25) is 0 Å². The van der Waals surface area contributed by atoms with Crippen molar-refractivity contribution in [1.29, 1.82) is 0 Å². The van der Waals surface area contributed by atoms with Gasteiger partial charge in [-0.05, 0) is 44.2 Å². The smallest absolute Gasteiger partial charge is 0.339 e. The number of carboxylic acids is 1. The second-order valence-electron chi connectivity index (χ2n) is 9.21. The van der Waals surface area contributed by atoms with Gasteiger partial charge in [0.1, 0.15) is 5.60 Å². The molecule has 1 N–H and O–H groups in total. The summed E-state index contributed by atoms with van der Waals surface area (Å²) in [7, 11) is 0. The quantitative estimate of drug-likeness (QED) is 0.171. The molecule has 0 spiro atoms. The molecule has 0 fully saturated rings. The van der Waals surface area contributed by atoms with Gasteiger partial charge < -0.3 is 9.84 Å². The number of aromatic carboxylic acids is 1. The average Bonchev–Trinajstić information content (AvgIpc) is 2.78. The molecular formula is C28H46O4. The fourth-order valence-corrected chi connectivity index (χ4v) is 4.54. The summed E-state index contributed by atoms with van der Waals surface area (Å²) in [6.45, 7) is 6.57. The summed E-state index contributed by atoms with van der Waals surface area (Å²) in [4.78, 5) is 24.7. The molecule has 0 saturated heterocycles. The topological polar surface area (TPSA) is 63.6 Å². The van der Waals surface area contributed by atoms with Crippen LogP contribution in [0.4, 0.5) is 0 Å². The Morgan fingerprint density at radius 2 is 1.16 bits per heavy atom. The van der Waals surface area contributed by atoms with E-state index in [1.807, 2.05) is 0 Å². The minimum absolute atomic E-state index is 0.0148. The van der Waals surface area contributed by atoms with Gasteiger partial charge in [-0.2, -0.15) is 0 Å². The van der Waals surface area contributed by atoms with E-state index in [1.165, 1.54) is 57.4 Å². The fourth-order valence-electron chi connectivity index (χ4n) is 4.54. The number of carbonyl (C=O) groups is 2. The molecule has 0 saturated carbocycles. The highest BCUT2D eigenvalue weighted by Gasteiger charge is 2.34. The minimum atomic E-state index is -1.09. The van der Waals surface area contributed by atoms with Crippen LogP contribution in [-0.2, 0) is 4.74 Å². The van der Waals surface area contributed by atoms with Crippen LogP contribution < -0.4 is 0 Å². The van der Waals surface area contributed by atoms with Gasteiger partial charge >= 0.3 is 11.9 Å². The summed E-state index contributed by atoms with van der Waals surface area (Å²) >= 11 is 0. The Morgan fingerprint density at radius 3 is 1.66 bits per heavy atom. The van der Waals surface area contributed by atoms with E-state index in [-0.39, 0.29) is 11.1 Å². The van der Waals surface area contributed by atoms with Gasteiger partial charge in [0.25, 0.3) is 0 Å². The predicted molar refractivity (Wildman–Crippen MR) is 132 cm³/mol. The van der Waals surface area contributed by atoms with Crippen LogP contribution in [-0.4, -0.2) is 22.6 Å². The lowest BCUT2D eigenvalue weighted by Crippen LogP contribution is -2.36. The molecule has 0 amide bonds. The van der Waals surface area contributed by atoms with Crippen LogP contribution in [0.3, 0.4) is 0 Å². The van der Waals surface area contributed by atoms with Crippen LogP contribution >= 0.6 is 0 Å². The van der Waals surface area contributed by atoms with Crippen LogP contribution in [0.1, 0.15) is 144 Å². The fraction of sp³-hybridized carbons (Fsp3) is 0.714. The van der Waals surface area contributed by atoms with Crippen LogP contribution in [0.2, 0.25) is 0 Å². The highest BCUT2D eigenvalue weighted by molar-refractivity contribution is 6.02. The van der Waals surface area contributed by atoms with Crippen molar-refractivity contribution < 1.29 is 19.4 Å². The molecule has 0 radical (unpaired) electrons. The zero-order valence-electron chi connectivity index (χ0n) is 20.8. The van der Waals surface area contributed by atoms with Crippen LogP contribution in [0, 0.1) is 0 Å². The molecule has 0 aliphatic heterocycles. The van der Waals surface area contributed by atoms with Crippen molar-refractivity contribution in [1.82, 2.24) is 0 Å². The Hall–Kier alpha value is -1.84. The molecule has 0 aliphatic rings. The Kier molecular flexibility index (Phi) is 14.8. The monoisotopic (exact) mass is 446 g/mol. The van der Waals surface area contributed by atoms with Gasteiger partial charge in [-0.3, -0.25) is 0 Å². The maximum absolute atomic E-state index is 13.1. The van der Waals surface area contributed by atoms with Crippen molar-refractivity contribution in [2.45, 2.75) is 129 Å². The summed E-state index contributed by atoms with van der Waals surface area (Å²) in [6, 6.07) is 6.38. The number of benzene rings is 1. The number of unbranched alkanes of at least 4 members (excludes halogenated alkanes) is 10. The summed E-state index contributed by atoms with van der Waals surface area (Å²) in [5.74, 6) is -1.59. The first-order chi connectivity index (χ1) is 15.5. The van der Waals surface area contributed by atoms with E-state index in [0.29, 0.717) is 0 Å². The number of rotatable bonds is 19. The van der Waals surface area contributed by atoms with Gasteiger partial charge in [0.15, 0.2) is 0 Å². The molecule has 0 bridgehead atoms. The highest BCUT2D eigenvalue weighted by Crippen LogP contribution is 2.33. The summed E-state index contributed by atoms with van der Waals surface area (Å²) in [5.41, 5.74) is -0.321. The molecular weight excluding hydrogens is 400 g/mol. The number of hydrogen-bond acceptors (Lipinski definition) is 3. The zero-order chi connectivity index (χ0) is 23.7. The zero-order valence-corrected chi connectivity index (χ0v) is 20.8. The largest absolute Gasteiger partial charge is 0.478 e. The van der Waals surface area contributed by atoms with Gasteiger partial charge in [-0.25, -0.2) is 9.59 Å². The van der Waals surface area contributed by atoms with Crippen molar-refractivity contribution in [2.24, 2.45) is 0 Å². The molecule has 182 valence electrons. The van der Waals surface area contributed by atoms with Crippen LogP contribution in [0.25, 0.3) is 0 Å². The van der Waals surface area contributed by atoms with E-state index >= 15 is 0 Å². The predicted octanol–water partition coefficient (Wildman–Crippen LogP) is 8.58. The SMILES string of the molecule is CCCCCCCCCCC(CCC)(CCCCCC)OC(=O)c1ccccc1C(=O)O. The number of ether oxygens (including phenoxy) is 1. The maximum atomic E-state index is 13.1. The van der Waals surface area contributed by atoms with E-state index in [9.17, 15) is 14.7 Å². The first kappa shape index (κ1) is 28.2. The Balaban J connectivity index is 2.83. The van der Waals surface area contributed by atoms with E-state index in [2.05, 4.69) is 20.8 Å². The third-order valence-electron chi connectivity index (χ3n) is 6.36. The minimum Gasteiger partial charge on any atom is -0.478 e. The van der Waals surface area contributed by atoms with Crippen LogP contribution in [0.5, 0.6) is 0 Å². The third kappa shape index (κ3) is 10.7. The molecule has 1 aromatic rings. The number of esters is 1. The molecule has 1 aromatic carbocycles. The van der Waals surface area contributed by atoms with Crippen molar-refractivity contribution in [3.8, 4) is 0 Å². The second-order valence-corrected chi connectivity index (χ2v) is 9.21. The third-order valence-corrected chi connectivity index (χ3v) is 6.36. The molecule has 4 nitrogen and oxygen atoms in total. The van der Waals surface area contributed by atoms with Crippen molar-refractivity contribution in [3.05, 3.63) is 35.4 Å². The second kappa shape index (κ2) is 16.7. The summed E-state index contributed by atoms with van der Waals surface area (Å²) in [5, 5.41) is 9.49. The van der Waals surface area contributed by atoms with E-state index in [4.69, 9.17) is 4.74 Å². The first-order valence-corrected chi connectivity index (χ1v) is 13.0. The normalized spacial score (nSPS) is 13.0. The molecule has 1 rings (SSSR count). The van der Waals surface area contributed by atoms with Gasteiger partial charge in [0.05, 0.1) is 11.1 Å². The molecule has 0 aliphatic carbocycles.